The van der Waals surface area contributed by atoms with E-state index in [-0.39, 0.29) is 5.56 Å². The first-order valence-corrected chi connectivity index (χ1v) is 7.59. The summed E-state index contributed by atoms with van der Waals surface area (Å²) >= 11 is 1.54. The van der Waals surface area contributed by atoms with E-state index in [0.717, 1.165) is 28.1 Å². The van der Waals surface area contributed by atoms with E-state index in [2.05, 4.69) is 16.9 Å². The maximum atomic E-state index is 11.9. The van der Waals surface area contributed by atoms with Crippen LogP contribution in [0.4, 0.5) is 5.69 Å². The van der Waals surface area contributed by atoms with Gasteiger partial charge in [0, 0.05) is 17.3 Å². The number of thiophene rings is 1. The second-order valence-electron chi connectivity index (χ2n) is 4.72. The molecular weight excluding hydrogens is 282 g/mol. The lowest BCUT2D eigenvalue weighted by molar-refractivity contribution is 1.13. The van der Waals surface area contributed by atoms with E-state index in [1.165, 1.54) is 6.07 Å². The average molecular weight is 297 g/mol. The van der Waals surface area contributed by atoms with Gasteiger partial charge in [0.05, 0.1) is 10.6 Å². The van der Waals surface area contributed by atoms with Gasteiger partial charge in [0.25, 0.3) is 5.56 Å². The average Bonchev–Trinajstić information content (AvgIpc) is 3.01. The van der Waals surface area contributed by atoms with Crippen LogP contribution in [0.2, 0.25) is 0 Å². The molecule has 1 aromatic carbocycles. The van der Waals surface area contributed by atoms with E-state index in [0.29, 0.717) is 11.5 Å². The zero-order chi connectivity index (χ0) is 14.8. The van der Waals surface area contributed by atoms with E-state index in [4.69, 9.17) is 5.73 Å². The van der Waals surface area contributed by atoms with Crippen molar-refractivity contribution in [2.45, 2.75) is 13.3 Å². The Morgan fingerprint density at radius 3 is 2.81 bits per heavy atom. The summed E-state index contributed by atoms with van der Waals surface area (Å²) in [4.78, 5) is 20.1. The van der Waals surface area contributed by atoms with Crippen LogP contribution in [0.15, 0.2) is 46.6 Å². The molecule has 0 atom stereocenters. The molecule has 21 heavy (non-hydrogen) atoms. The van der Waals surface area contributed by atoms with Crippen LogP contribution in [0.3, 0.4) is 0 Å². The lowest BCUT2D eigenvalue weighted by atomic mass is 10.1. The minimum Gasteiger partial charge on any atom is -0.398 e. The molecule has 0 amide bonds. The monoisotopic (exact) mass is 297 g/mol. The Balaban J connectivity index is 2.11. The molecule has 4 nitrogen and oxygen atoms in total. The van der Waals surface area contributed by atoms with Gasteiger partial charge in [-0.2, -0.15) is 0 Å². The fourth-order valence-electron chi connectivity index (χ4n) is 2.21. The maximum absolute atomic E-state index is 11.9. The van der Waals surface area contributed by atoms with Crippen molar-refractivity contribution in [3.05, 3.63) is 57.7 Å². The molecule has 0 saturated carbocycles. The number of anilines is 1. The Kier molecular flexibility index (Phi) is 3.58. The molecule has 0 unspecified atom stereocenters. The number of nitrogen functional groups attached to an aromatic ring is 1. The number of aromatic nitrogens is 2. The minimum absolute atomic E-state index is 0.165. The van der Waals surface area contributed by atoms with E-state index in [9.17, 15) is 4.79 Å². The summed E-state index contributed by atoms with van der Waals surface area (Å²) in [7, 11) is 0. The van der Waals surface area contributed by atoms with Gasteiger partial charge in [-0.1, -0.05) is 25.1 Å². The molecule has 2 aromatic heterocycles. The lowest BCUT2D eigenvalue weighted by Crippen LogP contribution is -2.08. The third-order valence-corrected chi connectivity index (χ3v) is 4.20. The second kappa shape index (κ2) is 5.54. The molecule has 3 rings (SSSR count). The maximum Gasteiger partial charge on any atom is 0.251 e. The van der Waals surface area contributed by atoms with Gasteiger partial charge < -0.3 is 10.7 Å². The van der Waals surface area contributed by atoms with Crippen LogP contribution < -0.4 is 11.3 Å². The quantitative estimate of drug-likeness (QED) is 0.728. The fraction of sp³-hybridized carbons (Fsp3) is 0.125. The number of nitrogens with two attached hydrogens (primary N) is 1. The van der Waals surface area contributed by atoms with Gasteiger partial charge >= 0.3 is 0 Å². The summed E-state index contributed by atoms with van der Waals surface area (Å²) < 4.78 is 0. The highest BCUT2D eigenvalue weighted by molar-refractivity contribution is 7.13. The minimum atomic E-state index is -0.165. The van der Waals surface area contributed by atoms with Crippen molar-refractivity contribution in [3.8, 4) is 22.0 Å². The van der Waals surface area contributed by atoms with Crippen LogP contribution >= 0.6 is 11.3 Å². The van der Waals surface area contributed by atoms with Gasteiger partial charge in [0.1, 0.15) is 0 Å². The predicted molar refractivity (Wildman–Crippen MR) is 87.4 cm³/mol. The number of hydrogen-bond donors (Lipinski definition) is 2. The van der Waals surface area contributed by atoms with Crippen LogP contribution in [-0.2, 0) is 6.42 Å². The van der Waals surface area contributed by atoms with Crippen molar-refractivity contribution in [3.63, 3.8) is 0 Å². The number of nitrogens with one attached hydrogen (secondary N) is 1. The van der Waals surface area contributed by atoms with Crippen molar-refractivity contribution in [2.24, 2.45) is 0 Å². The molecule has 106 valence electrons. The topological polar surface area (TPSA) is 71.8 Å². The van der Waals surface area contributed by atoms with Crippen molar-refractivity contribution >= 4 is 17.0 Å². The van der Waals surface area contributed by atoms with Crippen LogP contribution in [0.5, 0.6) is 0 Å². The zero-order valence-electron chi connectivity index (χ0n) is 11.6. The summed E-state index contributed by atoms with van der Waals surface area (Å²) in [5.74, 6) is 0.589. The Labute approximate surface area is 126 Å². The predicted octanol–water partition coefficient (Wildman–Crippen LogP) is 3.31. The highest BCUT2D eigenvalue weighted by Crippen LogP contribution is 2.25. The largest absolute Gasteiger partial charge is 0.398 e. The normalized spacial score (nSPS) is 10.7. The Morgan fingerprint density at radius 1 is 1.29 bits per heavy atom. The molecule has 0 fully saturated rings. The Bertz CT molecular complexity index is 822. The fourth-order valence-corrected chi connectivity index (χ4v) is 2.88. The van der Waals surface area contributed by atoms with Crippen molar-refractivity contribution in [2.75, 3.05) is 5.73 Å². The van der Waals surface area contributed by atoms with E-state index >= 15 is 0 Å². The van der Waals surface area contributed by atoms with Gasteiger partial charge in [-0.05, 0) is 29.5 Å². The number of benzene rings is 1. The number of nitrogens with zero attached hydrogens (tertiary/aromatic N) is 1. The third kappa shape index (κ3) is 2.73. The van der Waals surface area contributed by atoms with Crippen molar-refractivity contribution in [1.82, 2.24) is 9.97 Å². The lowest BCUT2D eigenvalue weighted by Gasteiger charge is -2.07. The first-order chi connectivity index (χ1) is 10.2. The Hall–Kier alpha value is -2.40. The van der Waals surface area contributed by atoms with Crippen LogP contribution in [-0.4, -0.2) is 9.97 Å². The first-order valence-electron chi connectivity index (χ1n) is 6.71. The summed E-state index contributed by atoms with van der Waals surface area (Å²) in [5, 5.41) is 1.95. The van der Waals surface area contributed by atoms with E-state index in [1.807, 2.05) is 35.7 Å². The molecule has 0 bridgehead atoms. The number of H-pyrrole nitrogens is 1. The molecule has 3 N–H and O–H groups in total. The summed E-state index contributed by atoms with van der Waals surface area (Å²) in [6, 6.07) is 11.2. The highest BCUT2D eigenvalue weighted by Gasteiger charge is 2.08. The van der Waals surface area contributed by atoms with Gasteiger partial charge in [0.15, 0.2) is 5.82 Å². The van der Waals surface area contributed by atoms with Crippen molar-refractivity contribution < 1.29 is 0 Å². The van der Waals surface area contributed by atoms with Gasteiger partial charge in [-0.15, -0.1) is 11.3 Å². The van der Waals surface area contributed by atoms with Crippen molar-refractivity contribution in [1.29, 1.82) is 0 Å². The summed E-state index contributed by atoms with van der Waals surface area (Å²) in [6.45, 7) is 2.06. The molecule has 2 heterocycles. The molecule has 3 aromatic rings. The summed E-state index contributed by atoms with van der Waals surface area (Å²) in [5.41, 5.74) is 9.18. The summed E-state index contributed by atoms with van der Waals surface area (Å²) in [6.07, 6.45) is 0.884. The molecule has 0 aliphatic heterocycles. The number of hydrogen-bond acceptors (Lipinski definition) is 4. The van der Waals surface area contributed by atoms with E-state index < -0.39 is 0 Å². The third-order valence-electron chi connectivity index (χ3n) is 3.32. The number of aromatic amines is 1. The SMILES string of the molecule is CCc1ccc(-c2cc(=O)[nH]c(-c3cccs3)n2)cc1N. The standard InChI is InChI=1S/C16H15N3OS/c1-2-10-5-6-11(8-12(10)17)13-9-15(20)19-16(18-13)14-4-3-7-21-14/h3-9H,2,17H2,1H3,(H,18,19,20). The second-order valence-corrected chi connectivity index (χ2v) is 5.67. The first kappa shape index (κ1) is 13.6. The molecule has 5 heteroatoms. The zero-order valence-corrected chi connectivity index (χ0v) is 12.4. The Morgan fingerprint density at radius 2 is 2.14 bits per heavy atom. The van der Waals surface area contributed by atoms with E-state index in [1.54, 1.807) is 11.3 Å². The molecule has 0 radical (unpaired) electrons. The van der Waals surface area contributed by atoms with Gasteiger partial charge in [-0.3, -0.25) is 4.79 Å². The number of aryl methyl sites for hydroxylation is 1. The molecule has 0 aliphatic carbocycles. The smallest absolute Gasteiger partial charge is 0.251 e. The van der Waals surface area contributed by atoms with Crippen LogP contribution in [0.25, 0.3) is 22.0 Å². The molecular formula is C16H15N3OS. The van der Waals surface area contributed by atoms with Gasteiger partial charge in [0.2, 0.25) is 0 Å². The molecule has 0 spiro atoms. The van der Waals surface area contributed by atoms with Crippen LogP contribution in [0.1, 0.15) is 12.5 Å². The van der Waals surface area contributed by atoms with Gasteiger partial charge in [-0.25, -0.2) is 4.98 Å². The number of rotatable bonds is 3. The molecule has 0 saturated heterocycles. The molecule has 0 aliphatic rings. The highest BCUT2D eigenvalue weighted by atomic mass is 32.1. The van der Waals surface area contributed by atoms with Crippen LogP contribution in [0, 0.1) is 0 Å².